The number of esters is 2. The molecule has 1 amide bonds. The number of nitrogens with zero attached hydrogens (tertiary/aromatic N) is 2. The van der Waals surface area contributed by atoms with Gasteiger partial charge in [0.25, 0.3) is 5.91 Å². The summed E-state index contributed by atoms with van der Waals surface area (Å²) in [6.07, 6.45) is 8.76. The minimum Gasteiger partial charge on any atom is -0.438 e. The Hall–Kier alpha value is -3.01. The summed E-state index contributed by atoms with van der Waals surface area (Å²) in [5.41, 5.74) is 8.30. The molecule has 4 N–H and O–H groups in total. The number of aliphatic imine (C=N–C) groups is 1. The van der Waals surface area contributed by atoms with E-state index in [-0.39, 0.29) is 18.0 Å². The molecule has 0 spiro atoms. The van der Waals surface area contributed by atoms with Crippen molar-refractivity contribution < 1.29 is 42.2 Å². The van der Waals surface area contributed by atoms with Crippen molar-refractivity contribution in [3.8, 4) is 12.3 Å². The molecule has 0 bridgehead atoms. The molecular formula is C25H37N4O9P. The second kappa shape index (κ2) is 13.4. The number of carbonyl (C=O) groups excluding carboxylic acids is 3. The molecule has 1 aliphatic rings. The van der Waals surface area contributed by atoms with E-state index in [2.05, 4.69) is 10.9 Å². The summed E-state index contributed by atoms with van der Waals surface area (Å²) in [6.45, 7) is 9.32. The van der Waals surface area contributed by atoms with Crippen molar-refractivity contribution in [1.29, 1.82) is 0 Å². The van der Waals surface area contributed by atoms with Gasteiger partial charge in [-0.2, -0.15) is 0 Å². The van der Waals surface area contributed by atoms with Crippen LogP contribution in [-0.4, -0.2) is 55.0 Å². The average molecular weight is 569 g/mol. The van der Waals surface area contributed by atoms with E-state index in [4.69, 9.17) is 45.7 Å². The second-order valence-corrected chi connectivity index (χ2v) is 11.9. The highest BCUT2D eigenvalue weighted by Gasteiger charge is 2.43. The monoisotopic (exact) mass is 568 g/mol. The van der Waals surface area contributed by atoms with Gasteiger partial charge < -0.3 is 30.2 Å². The first-order valence-electron chi connectivity index (χ1n) is 12.1. The Morgan fingerprint density at radius 3 is 2.18 bits per heavy atom. The van der Waals surface area contributed by atoms with Gasteiger partial charge in [0.2, 0.25) is 19.3 Å². The first-order valence-corrected chi connectivity index (χ1v) is 13.2. The average Bonchev–Trinajstić information content (AvgIpc) is 3.46. The van der Waals surface area contributed by atoms with Crippen LogP contribution in [0.1, 0.15) is 64.7 Å². The number of ether oxygens (including phenoxy) is 3. The van der Waals surface area contributed by atoms with Crippen molar-refractivity contribution in [3.63, 3.8) is 0 Å². The molecule has 1 fully saturated rings. The lowest BCUT2D eigenvalue weighted by Gasteiger charge is -2.27. The van der Waals surface area contributed by atoms with Gasteiger partial charge in [-0.3, -0.25) is 28.0 Å². The Morgan fingerprint density at radius 1 is 1.15 bits per heavy atom. The summed E-state index contributed by atoms with van der Waals surface area (Å²) in [6, 6.07) is 1.48. The maximum atomic E-state index is 12.1. The molecule has 1 aromatic heterocycles. The third kappa shape index (κ3) is 8.74. The SMILES string of the molecule is C#CC1(n2ccc(C(N)=O)c2/N=C\N)CCC(COP(OCOC(=O)C(C)(C)C)OCOC(=O)C(C)(C)C)O1. The fraction of sp³-hybridized carbons (Fsp3) is 0.600. The maximum absolute atomic E-state index is 12.1. The molecule has 0 aromatic carbocycles. The molecule has 2 rings (SSSR count). The van der Waals surface area contributed by atoms with E-state index in [0.717, 1.165) is 6.34 Å². The van der Waals surface area contributed by atoms with Crippen molar-refractivity contribution in [2.45, 2.75) is 66.2 Å². The van der Waals surface area contributed by atoms with Crippen LogP contribution in [0.4, 0.5) is 5.82 Å². The fourth-order valence-corrected chi connectivity index (χ4v) is 4.05. The number of terminal acetylenes is 1. The third-order valence-corrected chi connectivity index (χ3v) is 6.38. The molecule has 2 heterocycles. The lowest BCUT2D eigenvalue weighted by Crippen LogP contribution is -2.32. The molecule has 1 aromatic rings. The van der Waals surface area contributed by atoms with Crippen molar-refractivity contribution in [1.82, 2.24) is 4.57 Å². The molecule has 39 heavy (non-hydrogen) atoms. The van der Waals surface area contributed by atoms with Crippen LogP contribution >= 0.6 is 8.60 Å². The lowest BCUT2D eigenvalue weighted by atomic mass is 9.98. The minimum atomic E-state index is -2.11. The first kappa shape index (κ1) is 32.2. The Balaban J connectivity index is 2.07. The van der Waals surface area contributed by atoms with Gasteiger partial charge in [0.15, 0.2) is 0 Å². The van der Waals surface area contributed by atoms with E-state index in [9.17, 15) is 14.4 Å². The van der Waals surface area contributed by atoms with E-state index < -0.39 is 62.7 Å². The number of carbonyl (C=O) groups is 3. The maximum Gasteiger partial charge on any atom is 0.338 e. The summed E-state index contributed by atoms with van der Waals surface area (Å²) >= 11 is 0. The molecule has 2 atom stereocenters. The lowest BCUT2D eigenvalue weighted by molar-refractivity contribution is -0.162. The van der Waals surface area contributed by atoms with Crippen molar-refractivity contribution in [2.75, 3.05) is 20.2 Å². The van der Waals surface area contributed by atoms with Gasteiger partial charge in [-0.25, -0.2) is 4.99 Å². The predicted molar refractivity (Wildman–Crippen MR) is 142 cm³/mol. The van der Waals surface area contributed by atoms with Crippen molar-refractivity contribution >= 4 is 38.6 Å². The predicted octanol–water partition coefficient (Wildman–Crippen LogP) is 3.04. The number of nitrogens with two attached hydrogens (primary N) is 2. The number of hydrogen-bond acceptors (Lipinski definition) is 10. The van der Waals surface area contributed by atoms with Gasteiger partial charge in [-0.05, 0) is 60.0 Å². The van der Waals surface area contributed by atoms with Gasteiger partial charge in [-0.1, -0.05) is 0 Å². The second-order valence-electron chi connectivity index (χ2n) is 10.6. The fourth-order valence-electron chi connectivity index (χ4n) is 3.27. The highest BCUT2D eigenvalue weighted by atomic mass is 31.2. The third-order valence-electron chi connectivity index (χ3n) is 5.39. The summed E-state index contributed by atoms with van der Waals surface area (Å²) in [7, 11) is -2.11. The number of primary amides is 1. The zero-order valence-electron chi connectivity index (χ0n) is 23.1. The summed E-state index contributed by atoms with van der Waals surface area (Å²) in [5.74, 6) is 1.14. The highest BCUT2D eigenvalue weighted by Crippen LogP contribution is 2.43. The van der Waals surface area contributed by atoms with Gasteiger partial charge in [0.1, 0.15) is 5.82 Å². The standard InChI is InChI=1S/C25H37N4O9P/c1-8-25(29-12-10-18(19(27)30)20(29)28-14-26)11-9-17(38-25)13-35-39(36-15-33-21(31)23(2,3)4)37-16-34-22(32)24(5,6)7/h1,10,12,14,17H,9,11,13,15-16H2,2-7H3,(H2,26,28)(H2,27,30). The largest absolute Gasteiger partial charge is 0.438 e. The van der Waals surface area contributed by atoms with Gasteiger partial charge >= 0.3 is 20.5 Å². The molecule has 13 nitrogen and oxygen atoms in total. The van der Waals surface area contributed by atoms with Gasteiger partial charge in [-0.15, -0.1) is 6.42 Å². The van der Waals surface area contributed by atoms with Crippen LogP contribution < -0.4 is 11.5 Å². The van der Waals surface area contributed by atoms with Crippen LogP contribution in [0.5, 0.6) is 0 Å². The van der Waals surface area contributed by atoms with E-state index in [0.29, 0.717) is 12.8 Å². The Labute approximate surface area is 229 Å². The minimum absolute atomic E-state index is 0.0188. The quantitative estimate of drug-likeness (QED) is 0.0952. The molecule has 14 heteroatoms. The molecule has 0 saturated carbocycles. The molecule has 0 radical (unpaired) electrons. The van der Waals surface area contributed by atoms with E-state index in [1.54, 1.807) is 47.7 Å². The molecule has 1 saturated heterocycles. The summed E-state index contributed by atoms with van der Waals surface area (Å²) in [4.78, 5) is 40.0. The number of aromatic nitrogens is 1. The smallest absolute Gasteiger partial charge is 0.338 e. The highest BCUT2D eigenvalue weighted by molar-refractivity contribution is 7.41. The Morgan fingerprint density at radius 2 is 1.72 bits per heavy atom. The molecule has 1 aliphatic heterocycles. The zero-order valence-corrected chi connectivity index (χ0v) is 24.0. The van der Waals surface area contributed by atoms with Crippen LogP contribution in [-0.2, 0) is 43.1 Å². The van der Waals surface area contributed by atoms with Crippen molar-refractivity contribution in [3.05, 3.63) is 17.8 Å². The number of amides is 1. The van der Waals surface area contributed by atoms with E-state index in [1.807, 2.05) is 0 Å². The van der Waals surface area contributed by atoms with Crippen LogP contribution in [0.2, 0.25) is 0 Å². The Bertz CT molecular complexity index is 1070. The number of rotatable bonds is 12. The van der Waals surface area contributed by atoms with Crippen LogP contribution in [0, 0.1) is 23.2 Å². The topological polar surface area (TPSA) is 176 Å². The molecular weight excluding hydrogens is 531 g/mol. The van der Waals surface area contributed by atoms with E-state index in [1.165, 1.54) is 10.6 Å². The van der Waals surface area contributed by atoms with E-state index >= 15 is 0 Å². The Kier molecular flexibility index (Phi) is 11.0. The first-order chi connectivity index (χ1) is 18.1. The normalized spacial score (nSPS) is 19.8. The zero-order chi connectivity index (χ0) is 29.4. The summed E-state index contributed by atoms with van der Waals surface area (Å²) in [5, 5.41) is 0. The van der Waals surface area contributed by atoms with Gasteiger partial charge in [0, 0.05) is 12.6 Å². The number of hydrogen-bond donors (Lipinski definition) is 2. The van der Waals surface area contributed by atoms with Crippen LogP contribution in [0.25, 0.3) is 0 Å². The molecule has 2 unspecified atom stereocenters. The van der Waals surface area contributed by atoms with Crippen LogP contribution in [0.3, 0.4) is 0 Å². The molecule has 216 valence electrons. The van der Waals surface area contributed by atoms with Crippen molar-refractivity contribution in [2.24, 2.45) is 27.3 Å². The van der Waals surface area contributed by atoms with Crippen LogP contribution in [0.15, 0.2) is 17.3 Å². The molecule has 0 aliphatic carbocycles. The summed E-state index contributed by atoms with van der Waals surface area (Å²) < 4.78 is 34.6. The van der Waals surface area contributed by atoms with Gasteiger partial charge in [0.05, 0.1) is 35.4 Å².